The first kappa shape index (κ1) is 26.1. The average molecular weight is 566 g/mol. The lowest BCUT2D eigenvalue weighted by atomic mass is 9.61. The van der Waals surface area contributed by atoms with Gasteiger partial charge in [0.1, 0.15) is 6.04 Å². The van der Waals surface area contributed by atoms with Crippen LogP contribution in [0.25, 0.3) is 10.8 Å². The van der Waals surface area contributed by atoms with Gasteiger partial charge in [-0.05, 0) is 84.9 Å². The van der Waals surface area contributed by atoms with Crippen LogP contribution in [-0.2, 0) is 16.0 Å². The largest absolute Gasteiger partial charge is 0.297 e. The number of hydrogen-bond donors (Lipinski definition) is 1. The highest BCUT2D eigenvalue weighted by Crippen LogP contribution is 2.55. The van der Waals surface area contributed by atoms with Gasteiger partial charge >= 0.3 is 0 Å². The second-order valence-corrected chi connectivity index (χ2v) is 14.0. The van der Waals surface area contributed by atoms with Crippen molar-refractivity contribution in [2.45, 2.75) is 89.3 Å². The van der Waals surface area contributed by atoms with Gasteiger partial charge in [-0.25, -0.2) is 0 Å². The summed E-state index contributed by atoms with van der Waals surface area (Å²) in [7, 11) is 0. The minimum absolute atomic E-state index is 0.170. The third kappa shape index (κ3) is 3.98. The zero-order valence-corrected chi connectivity index (χ0v) is 24.6. The predicted octanol–water partition coefficient (Wildman–Crippen LogP) is 5.00. The van der Waals surface area contributed by atoms with E-state index in [1.54, 1.807) is 4.90 Å². The molecule has 4 atom stereocenters. The monoisotopic (exact) mass is 565 g/mol. The van der Waals surface area contributed by atoms with Crippen molar-refractivity contribution < 1.29 is 14.4 Å². The van der Waals surface area contributed by atoms with E-state index >= 15 is 0 Å². The van der Waals surface area contributed by atoms with E-state index in [9.17, 15) is 14.4 Å². The molecule has 3 aliphatic heterocycles. The zero-order valence-electron chi connectivity index (χ0n) is 24.6. The number of amides is 3. The zero-order chi connectivity index (χ0) is 28.8. The summed E-state index contributed by atoms with van der Waals surface area (Å²) in [5, 5.41) is 9.19. The highest BCUT2D eigenvalue weighted by Gasteiger charge is 2.54. The number of nitrogens with one attached hydrogen (secondary N) is 1. The summed E-state index contributed by atoms with van der Waals surface area (Å²) in [6.07, 6.45) is 13.3. The Morgan fingerprint density at radius 3 is 2.64 bits per heavy atom. The number of hydrogen-bond acceptors (Lipinski definition) is 5. The molecule has 1 spiro atoms. The van der Waals surface area contributed by atoms with E-state index in [1.807, 2.05) is 24.4 Å². The summed E-state index contributed by atoms with van der Waals surface area (Å²) in [5.74, 6) is -0.0139. The van der Waals surface area contributed by atoms with Crippen LogP contribution in [0.4, 0.5) is 5.69 Å². The lowest BCUT2D eigenvalue weighted by Gasteiger charge is -2.51. The van der Waals surface area contributed by atoms with E-state index < -0.39 is 11.9 Å². The van der Waals surface area contributed by atoms with Crippen molar-refractivity contribution in [1.29, 1.82) is 0 Å². The predicted molar refractivity (Wildman–Crippen MR) is 160 cm³/mol. The highest BCUT2D eigenvalue weighted by molar-refractivity contribution is 6.27. The number of nitrogens with zero attached hydrogens (tertiary/aromatic N) is 4. The minimum Gasteiger partial charge on any atom is -0.297 e. The molecule has 2 unspecified atom stereocenters. The van der Waals surface area contributed by atoms with Crippen molar-refractivity contribution in [3.8, 4) is 0 Å². The lowest BCUT2D eigenvalue weighted by molar-refractivity contribution is -0.134. The van der Waals surface area contributed by atoms with E-state index in [-0.39, 0.29) is 18.2 Å². The SMILES string of the molecule is C[C@H]1CCC1(C)CN1CC[C@H](n2cc(Cc3ccc4c5c(cccc35)C(=O)N4C3CCC(=O)NC3=O)cn2)CC12CC2. The van der Waals surface area contributed by atoms with Gasteiger partial charge in [-0.15, -0.1) is 0 Å². The molecule has 4 fully saturated rings. The second-order valence-electron chi connectivity index (χ2n) is 14.0. The quantitative estimate of drug-likeness (QED) is 0.425. The second kappa shape index (κ2) is 9.24. The van der Waals surface area contributed by atoms with Gasteiger partial charge in [-0.1, -0.05) is 32.0 Å². The van der Waals surface area contributed by atoms with Gasteiger partial charge in [0.25, 0.3) is 5.91 Å². The maximum atomic E-state index is 13.5. The Kier molecular flexibility index (Phi) is 5.75. The molecule has 2 aliphatic carbocycles. The first-order valence-corrected chi connectivity index (χ1v) is 15.7. The summed E-state index contributed by atoms with van der Waals surface area (Å²) in [6, 6.07) is 9.65. The van der Waals surface area contributed by atoms with Crippen molar-refractivity contribution in [2.24, 2.45) is 11.3 Å². The van der Waals surface area contributed by atoms with Crippen molar-refractivity contribution in [3.05, 3.63) is 59.4 Å². The molecule has 2 saturated carbocycles. The van der Waals surface area contributed by atoms with Crippen LogP contribution in [0, 0.1) is 11.3 Å². The van der Waals surface area contributed by atoms with Gasteiger partial charge in [0.05, 0.1) is 17.9 Å². The molecule has 8 rings (SSSR count). The molecule has 1 N–H and O–H groups in total. The molecule has 8 nitrogen and oxygen atoms in total. The van der Waals surface area contributed by atoms with Crippen molar-refractivity contribution in [1.82, 2.24) is 20.0 Å². The molecule has 8 heteroatoms. The van der Waals surface area contributed by atoms with Crippen LogP contribution in [0.5, 0.6) is 0 Å². The molecule has 2 aromatic carbocycles. The van der Waals surface area contributed by atoms with E-state index in [1.165, 1.54) is 44.2 Å². The first-order chi connectivity index (χ1) is 20.2. The Bertz CT molecular complexity index is 1640. The van der Waals surface area contributed by atoms with E-state index in [2.05, 4.69) is 47.1 Å². The molecule has 4 heterocycles. The van der Waals surface area contributed by atoms with E-state index in [0.717, 1.165) is 47.3 Å². The van der Waals surface area contributed by atoms with Crippen LogP contribution in [0.15, 0.2) is 42.7 Å². The third-order valence-electron chi connectivity index (χ3n) is 11.5. The third-order valence-corrected chi connectivity index (χ3v) is 11.5. The molecule has 0 radical (unpaired) electrons. The van der Waals surface area contributed by atoms with Crippen LogP contribution < -0.4 is 10.2 Å². The molecule has 0 bridgehead atoms. The van der Waals surface area contributed by atoms with Crippen molar-refractivity contribution in [3.63, 3.8) is 0 Å². The smallest absolute Gasteiger partial charge is 0.259 e. The summed E-state index contributed by atoms with van der Waals surface area (Å²) < 4.78 is 2.22. The summed E-state index contributed by atoms with van der Waals surface area (Å²) in [5.41, 5.74) is 4.56. The lowest BCUT2D eigenvalue weighted by Crippen LogP contribution is -2.53. The molecule has 3 amide bonds. The summed E-state index contributed by atoms with van der Waals surface area (Å²) in [4.78, 5) is 42.3. The van der Waals surface area contributed by atoms with Gasteiger partial charge in [-0.3, -0.25) is 34.2 Å². The Labute approximate surface area is 246 Å². The van der Waals surface area contributed by atoms with Crippen LogP contribution >= 0.6 is 0 Å². The van der Waals surface area contributed by atoms with Gasteiger partial charge in [0.2, 0.25) is 11.8 Å². The number of piperidine rings is 2. The van der Waals surface area contributed by atoms with Gasteiger partial charge in [0.15, 0.2) is 0 Å². The molecule has 1 aromatic heterocycles. The fraction of sp³-hybridized carbons (Fsp3) is 0.529. The van der Waals surface area contributed by atoms with Crippen LogP contribution in [0.3, 0.4) is 0 Å². The summed E-state index contributed by atoms with van der Waals surface area (Å²) >= 11 is 0. The van der Waals surface area contributed by atoms with Crippen molar-refractivity contribution >= 4 is 34.2 Å². The van der Waals surface area contributed by atoms with Crippen LogP contribution in [-0.4, -0.2) is 57.1 Å². The fourth-order valence-electron chi connectivity index (χ4n) is 8.29. The van der Waals surface area contributed by atoms with Gasteiger partial charge in [-0.2, -0.15) is 5.10 Å². The molecule has 218 valence electrons. The topological polar surface area (TPSA) is 87.5 Å². The molecule has 2 saturated heterocycles. The Balaban J connectivity index is 1.02. The van der Waals surface area contributed by atoms with Gasteiger partial charge < -0.3 is 0 Å². The van der Waals surface area contributed by atoms with E-state index in [0.29, 0.717) is 29.0 Å². The van der Waals surface area contributed by atoms with Gasteiger partial charge in [0, 0.05) is 48.6 Å². The fourth-order valence-corrected chi connectivity index (χ4v) is 8.29. The van der Waals surface area contributed by atoms with Crippen LogP contribution in [0.1, 0.15) is 92.7 Å². The number of rotatable bonds is 6. The Hall–Kier alpha value is -3.52. The number of anilines is 1. The number of benzene rings is 2. The maximum Gasteiger partial charge on any atom is 0.259 e. The number of aromatic nitrogens is 2. The summed E-state index contributed by atoms with van der Waals surface area (Å²) in [6.45, 7) is 7.33. The molecule has 42 heavy (non-hydrogen) atoms. The number of likely N-dealkylation sites (tertiary alicyclic amines) is 1. The van der Waals surface area contributed by atoms with Crippen LogP contribution in [0.2, 0.25) is 0 Å². The maximum absolute atomic E-state index is 13.5. The Morgan fingerprint density at radius 1 is 1.05 bits per heavy atom. The molecule has 3 aromatic rings. The minimum atomic E-state index is -0.670. The molecular formula is C34H39N5O3. The standard InChI is InChI=1S/C34H39N5O3/c1-21-10-12-33(21,2)20-37-15-11-24(17-34(37)13-14-34)38-19-22(18-35-38)16-23-6-7-27-30-25(23)4-3-5-26(30)32(42)39(27)28-8-9-29(40)36-31(28)41/h3-7,18-19,21,24,28H,8-17,20H2,1-2H3,(H,36,40,41)/t21-,24-,28?,33?/m0/s1. The van der Waals surface area contributed by atoms with Crippen molar-refractivity contribution in [2.75, 3.05) is 18.0 Å². The number of imide groups is 1. The average Bonchev–Trinajstić information content (AvgIpc) is 3.48. The normalized spacial score (nSPS) is 30.2. The number of carbonyl (C=O) groups excluding carboxylic acids is 3. The number of carbonyl (C=O) groups is 3. The van der Waals surface area contributed by atoms with E-state index in [4.69, 9.17) is 5.10 Å². The first-order valence-electron chi connectivity index (χ1n) is 15.7. The highest BCUT2D eigenvalue weighted by atomic mass is 16.2. The Morgan fingerprint density at radius 2 is 1.90 bits per heavy atom. The molecule has 5 aliphatic rings. The molecular weight excluding hydrogens is 526 g/mol.